The number of aromatic amines is 1. The third-order valence-corrected chi connectivity index (χ3v) is 2.68. The minimum absolute atomic E-state index is 0.0498. The zero-order valence-corrected chi connectivity index (χ0v) is 10.1. The van der Waals surface area contributed by atoms with Gasteiger partial charge in [-0.15, -0.1) is 0 Å². The monoisotopic (exact) mass is 255 g/mol. The zero-order chi connectivity index (χ0) is 13.8. The van der Waals surface area contributed by atoms with Gasteiger partial charge in [0.1, 0.15) is 17.4 Å². The molecule has 0 spiro atoms. The molecular formula is C14H10FN3O. The van der Waals surface area contributed by atoms with E-state index in [0.717, 1.165) is 5.56 Å². The molecule has 0 saturated carbocycles. The zero-order valence-electron chi connectivity index (χ0n) is 10.1. The average Bonchev–Trinajstić information content (AvgIpc) is 2.40. The normalized spacial score (nSPS) is 10.6. The van der Waals surface area contributed by atoms with Gasteiger partial charge in [-0.2, -0.15) is 10.4 Å². The summed E-state index contributed by atoms with van der Waals surface area (Å²) in [6.07, 6.45) is 3.40. The van der Waals surface area contributed by atoms with Crippen molar-refractivity contribution < 1.29 is 4.39 Å². The standard InChI is InChI=1S/C14H10FN3O/c1-9-12(8-16)14(19)18-17-13(9)7-4-10-2-5-11(15)6-3-10/h2-7H,1H3,(H,18,19)/b7-4+. The van der Waals surface area contributed by atoms with Crippen molar-refractivity contribution in [2.75, 3.05) is 0 Å². The number of halogens is 1. The van der Waals surface area contributed by atoms with Gasteiger partial charge in [0.25, 0.3) is 5.56 Å². The van der Waals surface area contributed by atoms with Gasteiger partial charge >= 0.3 is 0 Å². The maximum atomic E-state index is 12.7. The van der Waals surface area contributed by atoms with E-state index in [1.165, 1.54) is 12.1 Å². The first-order valence-electron chi connectivity index (χ1n) is 5.55. The summed E-state index contributed by atoms with van der Waals surface area (Å²) in [5.74, 6) is -0.303. The molecule has 0 radical (unpaired) electrons. The molecule has 4 nitrogen and oxygen atoms in total. The molecule has 0 aliphatic heterocycles. The fourth-order valence-electron chi connectivity index (χ4n) is 1.60. The summed E-state index contributed by atoms with van der Waals surface area (Å²) in [5, 5.41) is 15.0. The molecule has 0 amide bonds. The van der Waals surface area contributed by atoms with E-state index in [1.807, 2.05) is 6.07 Å². The number of benzene rings is 1. The second-order valence-corrected chi connectivity index (χ2v) is 3.93. The first kappa shape index (κ1) is 12.7. The molecule has 2 aromatic rings. The molecule has 0 saturated heterocycles. The Morgan fingerprint density at radius 2 is 2.00 bits per heavy atom. The lowest BCUT2D eigenvalue weighted by molar-refractivity contribution is 0.628. The number of hydrogen-bond acceptors (Lipinski definition) is 3. The summed E-state index contributed by atoms with van der Waals surface area (Å²) in [5.41, 5.74) is 1.37. The van der Waals surface area contributed by atoms with E-state index in [1.54, 1.807) is 31.2 Å². The van der Waals surface area contributed by atoms with Gasteiger partial charge in [-0.25, -0.2) is 9.49 Å². The molecule has 1 aromatic heterocycles. The summed E-state index contributed by atoms with van der Waals surface area (Å²) in [4.78, 5) is 11.3. The van der Waals surface area contributed by atoms with Crippen molar-refractivity contribution in [1.82, 2.24) is 10.2 Å². The molecule has 1 N–H and O–H groups in total. The second-order valence-electron chi connectivity index (χ2n) is 3.93. The van der Waals surface area contributed by atoms with Crippen molar-refractivity contribution in [2.45, 2.75) is 6.92 Å². The summed E-state index contributed by atoms with van der Waals surface area (Å²) in [6, 6.07) is 7.80. The maximum Gasteiger partial charge on any atom is 0.282 e. The number of aromatic nitrogens is 2. The highest BCUT2D eigenvalue weighted by molar-refractivity contribution is 5.69. The van der Waals surface area contributed by atoms with E-state index in [0.29, 0.717) is 11.3 Å². The highest BCUT2D eigenvalue weighted by Crippen LogP contribution is 2.11. The first-order chi connectivity index (χ1) is 9.11. The second kappa shape index (κ2) is 5.27. The molecule has 0 unspecified atom stereocenters. The van der Waals surface area contributed by atoms with Crippen LogP contribution in [0.15, 0.2) is 29.1 Å². The van der Waals surface area contributed by atoms with Crippen LogP contribution in [0.4, 0.5) is 4.39 Å². The lowest BCUT2D eigenvalue weighted by Gasteiger charge is -2.00. The maximum absolute atomic E-state index is 12.7. The predicted molar refractivity (Wildman–Crippen MR) is 69.6 cm³/mol. The summed E-state index contributed by atoms with van der Waals surface area (Å²) in [6.45, 7) is 1.66. The molecule has 2 rings (SSSR count). The van der Waals surface area contributed by atoms with Crippen molar-refractivity contribution in [3.05, 3.63) is 62.8 Å². The van der Waals surface area contributed by atoms with Gasteiger partial charge in [-0.1, -0.05) is 18.2 Å². The summed E-state index contributed by atoms with van der Waals surface area (Å²) >= 11 is 0. The molecule has 0 fully saturated rings. The molecule has 1 aromatic carbocycles. The molecule has 0 aliphatic rings. The Morgan fingerprint density at radius 1 is 1.32 bits per heavy atom. The lowest BCUT2D eigenvalue weighted by atomic mass is 10.1. The van der Waals surface area contributed by atoms with Crippen LogP contribution in [0.2, 0.25) is 0 Å². The quantitative estimate of drug-likeness (QED) is 0.894. The summed E-state index contributed by atoms with van der Waals surface area (Å²) in [7, 11) is 0. The molecule has 0 aliphatic carbocycles. The molecular weight excluding hydrogens is 245 g/mol. The minimum Gasteiger partial charge on any atom is -0.267 e. The van der Waals surface area contributed by atoms with Crippen LogP contribution in [0, 0.1) is 24.1 Å². The molecule has 19 heavy (non-hydrogen) atoms. The molecule has 0 bridgehead atoms. The number of nitrogens with one attached hydrogen (secondary N) is 1. The van der Waals surface area contributed by atoms with Crippen molar-refractivity contribution in [3.63, 3.8) is 0 Å². The lowest BCUT2D eigenvalue weighted by Crippen LogP contribution is -2.15. The molecule has 94 valence electrons. The first-order valence-corrected chi connectivity index (χ1v) is 5.55. The number of H-pyrrole nitrogens is 1. The van der Waals surface area contributed by atoms with Gasteiger partial charge < -0.3 is 0 Å². The number of hydrogen-bond donors (Lipinski definition) is 1. The van der Waals surface area contributed by atoms with E-state index >= 15 is 0 Å². The fraction of sp³-hybridized carbons (Fsp3) is 0.0714. The largest absolute Gasteiger partial charge is 0.282 e. The van der Waals surface area contributed by atoms with Crippen molar-refractivity contribution in [2.24, 2.45) is 0 Å². The van der Waals surface area contributed by atoms with Crippen LogP contribution < -0.4 is 5.56 Å². The van der Waals surface area contributed by atoms with Gasteiger partial charge in [0.2, 0.25) is 0 Å². The van der Waals surface area contributed by atoms with Gasteiger partial charge in [-0.05, 0) is 36.3 Å². The SMILES string of the molecule is Cc1c(/C=C/c2ccc(F)cc2)n[nH]c(=O)c1C#N. The number of nitrogens with zero attached hydrogens (tertiary/aromatic N) is 2. The van der Waals surface area contributed by atoms with Gasteiger partial charge in [0, 0.05) is 0 Å². The Balaban J connectivity index is 2.37. The Labute approximate surface area is 108 Å². The smallest absolute Gasteiger partial charge is 0.267 e. The fourth-order valence-corrected chi connectivity index (χ4v) is 1.60. The third-order valence-electron chi connectivity index (χ3n) is 2.68. The van der Waals surface area contributed by atoms with E-state index in [2.05, 4.69) is 10.2 Å². The van der Waals surface area contributed by atoms with Gasteiger partial charge in [-0.3, -0.25) is 4.79 Å². The molecule has 1 heterocycles. The third kappa shape index (κ3) is 2.75. The van der Waals surface area contributed by atoms with E-state index in [9.17, 15) is 9.18 Å². The minimum atomic E-state index is -0.501. The number of rotatable bonds is 2. The van der Waals surface area contributed by atoms with Crippen LogP contribution in [0.25, 0.3) is 12.2 Å². The van der Waals surface area contributed by atoms with Crippen LogP contribution in [0.1, 0.15) is 22.4 Å². The van der Waals surface area contributed by atoms with Crippen LogP contribution in [0.5, 0.6) is 0 Å². The number of nitriles is 1. The van der Waals surface area contributed by atoms with Crippen LogP contribution in [0.3, 0.4) is 0 Å². The van der Waals surface area contributed by atoms with Gasteiger partial charge in [0.15, 0.2) is 0 Å². The topological polar surface area (TPSA) is 69.5 Å². The molecule has 5 heteroatoms. The van der Waals surface area contributed by atoms with Crippen LogP contribution >= 0.6 is 0 Å². The highest BCUT2D eigenvalue weighted by Gasteiger charge is 2.07. The average molecular weight is 255 g/mol. The predicted octanol–water partition coefficient (Wildman–Crippen LogP) is 2.26. The highest BCUT2D eigenvalue weighted by atomic mass is 19.1. The van der Waals surface area contributed by atoms with E-state index in [-0.39, 0.29) is 11.4 Å². The van der Waals surface area contributed by atoms with Crippen LogP contribution in [-0.4, -0.2) is 10.2 Å². The van der Waals surface area contributed by atoms with E-state index in [4.69, 9.17) is 5.26 Å². The van der Waals surface area contributed by atoms with E-state index < -0.39 is 5.56 Å². The van der Waals surface area contributed by atoms with Gasteiger partial charge in [0.05, 0.1) is 5.69 Å². The van der Waals surface area contributed by atoms with Crippen molar-refractivity contribution >= 4 is 12.2 Å². The van der Waals surface area contributed by atoms with Crippen LogP contribution in [-0.2, 0) is 0 Å². The van der Waals surface area contributed by atoms with Crippen molar-refractivity contribution in [3.8, 4) is 6.07 Å². The van der Waals surface area contributed by atoms with Crippen molar-refractivity contribution in [1.29, 1.82) is 5.26 Å². The Morgan fingerprint density at radius 3 is 2.63 bits per heavy atom. The molecule has 0 atom stereocenters. The Kier molecular flexibility index (Phi) is 3.53. The Bertz CT molecular complexity index is 724. The Hall–Kier alpha value is -2.74. The summed E-state index contributed by atoms with van der Waals surface area (Å²) < 4.78 is 12.7.